The van der Waals surface area contributed by atoms with Crippen LogP contribution in [0.5, 0.6) is 0 Å². The van der Waals surface area contributed by atoms with Gasteiger partial charge in [-0.25, -0.2) is 9.59 Å². The van der Waals surface area contributed by atoms with Crippen LogP contribution >= 0.6 is 0 Å². The van der Waals surface area contributed by atoms with Gasteiger partial charge < -0.3 is 25.8 Å². The molecule has 0 spiro atoms. The van der Waals surface area contributed by atoms with Gasteiger partial charge in [0.1, 0.15) is 6.04 Å². The summed E-state index contributed by atoms with van der Waals surface area (Å²) in [4.78, 5) is 39.3. The smallest absolute Gasteiger partial charge is 0.328 e. The first-order chi connectivity index (χ1) is 18.2. The SMILES string of the molecule is COC(=O)[C@@H](NC(=O)c1cc2ccccc2cc1NC(=O)Nc1c(C)cc(C)cc1C)C1CCC(O)CC1. The predicted molar refractivity (Wildman–Crippen MR) is 148 cm³/mol. The van der Waals surface area contributed by atoms with Gasteiger partial charge in [-0.3, -0.25) is 4.79 Å². The number of carbonyl (C=O) groups excluding carboxylic acids is 3. The topological polar surface area (TPSA) is 117 Å². The number of aliphatic hydroxyl groups is 1. The summed E-state index contributed by atoms with van der Waals surface area (Å²) in [5.41, 5.74) is 4.25. The van der Waals surface area contributed by atoms with E-state index in [9.17, 15) is 19.5 Å². The molecule has 1 saturated carbocycles. The number of aryl methyl sites for hydroxylation is 3. The summed E-state index contributed by atoms with van der Waals surface area (Å²) >= 11 is 0. The number of nitrogens with one attached hydrogen (secondary N) is 3. The van der Waals surface area contributed by atoms with Crippen molar-refractivity contribution in [2.75, 3.05) is 17.7 Å². The standard InChI is InChI=1S/C30H35N3O5/c1-17-13-18(2)26(19(3)14-17)33-30(37)31-25-16-22-8-6-5-7-21(22)15-24(25)28(35)32-27(29(36)38-4)20-9-11-23(34)12-10-20/h5-8,13-16,20,23,27,34H,9-12H2,1-4H3,(H,32,35)(H2,31,33,37)/t20?,23?,27-/m0/s1. The maximum atomic E-state index is 13.6. The first kappa shape index (κ1) is 27.1. The van der Waals surface area contributed by atoms with Gasteiger partial charge in [0.05, 0.1) is 24.5 Å². The van der Waals surface area contributed by atoms with Gasteiger partial charge in [-0.2, -0.15) is 0 Å². The molecule has 38 heavy (non-hydrogen) atoms. The first-order valence-electron chi connectivity index (χ1n) is 12.9. The summed E-state index contributed by atoms with van der Waals surface area (Å²) in [6.07, 6.45) is 1.93. The highest BCUT2D eigenvalue weighted by atomic mass is 16.5. The molecule has 1 atom stereocenters. The number of benzene rings is 3. The van der Waals surface area contributed by atoms with E-state index < -0.39 is 30.1 Å². The molecular formula is C30H35N3O5. The van der Waals surface area contributed by atoms with E-state index in [-0.39, 0.29) is 11.5 Å². The molecular weight excluding hydrogens is 482 g/mol. The summed E-state index contributed by atoms with van der Waals surface area (Å²) < 4.78 is 5.00. The van der Waals surface area contributed by atoms with E-state index in [1.54, 1.807) is 12.1 Å². The third-order valence-electron chi connectivity index (χ3n) is 7.25. The fourth-order valence-electron chi connectivity index (χ4n) is 5.33. The minimum absolute atomic E-state index is 0.151. The van der Waals surface area contributed by atoms with Crippen LogP contribution in [-0.4, -0.2) is 42.3 Å². The molecule has 0 unspecified atom stereocenters. The van der Waals surface area contributed by atoms with Crippen molar-refractivity contribution >= 4 is 40.1 Å². The van der Waals surface area contributed by atoms with Crippen LogP contribution in [0.4, 0.5) is 16.2 Å². The number of rotatable bonds is 6. The second-order valence-electron chi connectivity index (χ2n) is 10.1. The van der Waals surface area contributed by atoms with Crippen LogP contribution in [0, 0.1) is 26.7 Å². The van der Waals surface area contributed by atoms with Crippen LogP contribution in [0.1, 0.15) is 52.7 Å². The van der Waals surface area contributed by atoms with Crippen molar-refractivity contribution < 1.29 is 24.2 Å². The van der Waals surface area contributed by atoms with E-state index >= 15 is 0 Å². The lowest BCUT2D eigenvalue weighted by Gasteiger charge is -2.31. The molecule has 8 heteroatoms. The van der Waals surface area contributed by atoms with Crippen molar-refractivity contribution in [2.24, 2.45) is 5.92 Å². The van der Waals surface area contributed by atoms with Crippen molar-refractivity contribution in [1.82, 2.24) is 5.32 Å². The zero-order chi connectivity index (χ0) is 27.4. The normalized spacial score (nSPS) is 17.9. The van der Waals surface area contributed by atoms with Crippen molar-refractivity contribution in [1.29, 1.82) is 0 Å². The number of methoxy groups -OCH3 is 1. The zero-order valence-corrected chi connectivity index (χ0v) is 22.3. The Labute approximate surface area is 222 Å². The predicted octanol–water partition coefficient (Wildman–Crippen LogP) is 5.23. The molecule has 1 aliphatic carbocycles. The van der Waals surface area contributed by atoms with Gasteiger partial charge in [-0.1, -0.05) is 42.0 Å². The first-order valence-corrected chi connectivity index (χ1v) is 12.9. The number of amides is 3. The lowest BCUT2D eigenvalue weighted by Crippen LogP contribution is -2.48. The fourth-order valence-corrected chi connectivity index (χ4v) is 5.33. The van der Waals surface area contributed by atoms with Crippen LogP contribution < -0.4 is 16.0 Å². The van der Waals surface area contributed by atoms with Crippen molar-refractivity contribution in [3.05, 3.63) is 70.8 Å². The van der Waals surface area contributed by atoms with Crippen LogP contribution in [0.3, 0.4) is 0 Å². The molecule has 0 aliphatic heterocycles. The summed E-state index contributed by atoms with van der Waals surface area (Å²) in [7, 11) is 1.29. The number of ether oxygens (including phenoxy) is 1. The highest BCUT2D eigenvalue weighted by Gasteiger charge is 2.34. The summed E-state index contributed by atoms with van der Waals surface area (Å²) in [6, 6.07) is 13.7. The molecule has 0 heterocycles. The van der Waals surface area contributed by atoms with Crippen molar-refractivity contribution in [2.45, 2.75) is 58.6 Å². The van der Waals surface area contributed by atoms with Gasteiger partial charge in [0, 0.05) is 5.69 Å². The lowest BCUT2D eigenvalue weighted by molar-refractivity contribution is -0.145. The number of urea groups is 1. The van der Waals surface area contributed by atoms with E-state index in [1.807, 2.05) is 57.2 Å². The van der Waals surface area contributed by atoms with Gasteiger partial charge in [0.25, 0.3) is 5.91 Å². The van der Waals surface area contributed by atoms with Gasteiger partial charge >= 0.3 is 12.0 Å². The Morgan fingerprint density at radius 3 is 2.11 bits per heavy atom. The molecule has 1 aliphatic rings. The quantitative estimate of drug-likeness (QED) is 0.334. The Morgan fingerprint density at radius 1 is 0.895 bits per heavy atom. The highest BCUT2D eigenvalue weighted by molar-refractivity contribution is 6.10. The summed E-state index contributed by atoms with van der Waals surface area (Å²) in [5, 5.41) is 20.2. The largest absolute Gasteiger partial charge is 0.467 e. The van der Waals surface area contributed by atoms with E-state index in [1.165, 1.54) is 7.11 Å². The maximum Gasteiger partial charge on any atom is 0.328 e. The van der Waals surface area contributed by atoms with Crippen LogP contribution in [0.2, 0.25) is 0 Å². The number of hydrogen-bond acceptors (Lipinski definition) is 5. The van der Waals surface area contributed by atoms with Gasteiger partial charge in [-0.05, 0) is 86.4 Å². The molecule has 3 aromatic carbocycles. The van der Waals surface area contributed by atoms with Crippen LogP contribution in [0.15, 0.2) is 48.5 Å². The molecule has 3 aromatic rings. The molecule has 0 aromatic heterocycles. The van der Waals surface area contributed by atoms with E-state index in [0.717, 1.165) is 27.5 Å². The van der Waals surface area contributed by atoms with E-state index in [4.69, 9.17) is 4.74 Å². The number of anilines is 2. The van der Waals surface area contributed by atoms with Crippen LogP contribution in [-0.2, 0) is 9.53 Å². The average molecular weight is 518 g/mol. The summed E-state index contributed by atoms with van der Waals surface area (Å²) in [5.74, 6) is -1.17. The van der Waals surface area contributed by atoms with E-state index in [0.29, 0.717) is 37.1 Å². The molecule has 0 bridgehead atoms. The maximum absolute atomic E-state index is 13.6. The molecule has 0 saturated heterocycles. The zero-order valence-electron chi connectivity index (χ0n) is 22.3. The number of aliphatic hydroxyl groups excluding tert-OH is 1. The molecule has 0 radical (unpaired) electrons. The summed E-state index contributed by atoms with van der Waals surface area (Å²) in [6.45, 7) is 5.87. The number of esters is 1. The molecule has 200 valence electrons. The number of hydrogen-bond donors (Lipinski definition) is 4. The minimum atomic E-state index is -0.856. The van der Waals surface area contributed by atoms with Gasteiger partial charge in [0.2, 0.25) is 0 Å². The number of carbonyl (C=O) groups is 3. The Balaban J connectivity index is 1.63. The fraction of sp³-hybridized carbons (Fsp3) is 0.367. The average Bonchev–Trinajstić information content (AvgIpc) is 2.89. The molecule has 3 amide bonds. The van der Waals surface area contributed by atoms with Gasteiger partial charge in [0.15, 0.2) is 0 Å². The van der Waals surface area contributed by atoms with Crippen LogP contribution in [0.25, 0.3) is 10.8 Å². The highest BCUT2D eigenvalue weighted by Crippen LogP contribution is 2.29. The Hall–Kier alpha value is -3.91. The third kappa shape index (κ3) is 6.14. The Morgan fingerprint density at radius 2 is 1.50 bits per heavy atom. The third-order valence-corrected chi connectivity index (χ3v) is 7.25. The molecule has 1 fully saturated rings. The lowest BCUT2D eigenvalue weighted by atomic mass is 9.82. The minimum Gasteiger partial charge on any atom is -0.467 e. The van der Waals surface area contributed by atoms with Gasteiger partial charge in [-0.15, -0.1) is 0 Å². The van der Waals surface area contributed by atoms with Crippen molar-refractivity contribution in [3.8, 4) is 0 Å². The number of fused-ring (bicyclic) bond motifs is 1. The monoisotopic (exact) mass is 517 g/mol. The van der Waals surface area contributed by atoms with Crippen molar-refractivity contribution in [3.63, 3.8) is 0 Å². The molecule has 4 rings (SSSR count). The second-order valence-corrected chi connectivity index (χ2v) is 10.1. The molecule has 4 N–H and O–H groups in total. The Kier molecular flexibility index (Phi) is 8.32. The Bertz CT molecular complexity index is 1340. The van der Waals surface area contributed by atoms with E-state index in [2.05, 4.69) is 16.0 Å². The molecule has 8 nitrogen and oxygen atoms in total. The second kappa shape index (κ2) is 11.6.